The van der Waals surface area contributed by atoms with E-state index in [0.29, 0.717) is 5.22 Å². The van der Waals surface area contributed by atoms with Crippen molar-refractivity contribution >= 4 is 10.8 Å². The molecule has 0 spiro atoms. The average Bonchev–Trinajstić information content (AvgIpc) is 2.65. The molecule has 1 aliphatic rings. The highest BCUT2D eigenvalue weighted by Crippen LogP contribution is 2.25. The Hall–Kier alpha value is -0.640. The SMILES string of the molecule is Cc1coc(S(=O)C2CCCCC2)n1. The zero-order valence-corrected chi connectivity index (χ0v) is 9.18. The molecule has 1 fully saturated rings. The second-order valence-corrected chi connectivity index (χ2v) is 5.42. The predicted molar refractivity (Wildman–Crippen MR) is 54.5 cm³/mol. The second kappa shape index (κ2) is 4.26. The molecule has 0 radical (unpaired) electrons. The molecule has 0 bridgehead atoms. The molecule has 1 heterocycles. The van der Waals surface area contributed by atoms with Gasteiger partial charge in [0.2, 0.25) is 0 Å². The second-order valence-electron chi connectivity index (χ2n) is 3.81. The summed E-state index contributed by atoms with van der Waals surface area (Å²) in [5.41, 5.74) is 0.809. The van der Waals surface area contributed by atoms with Gasteiger partial charge in [0.05, 0.1) is 5.69 Å². The Bertz CT molecular complexity index is 329. The third kappa shape index (κ3) is 2.05. The number of aryl methyl sites for hydroxylation is 1. The highest BCUT2D eigenvalue weighted by atomic mass is 32.2. The van der Waals surface area contributed by atoms with Gasteiger partial charge in [-0.05, 0) is 19.8 Å². The summed E-state index contributed by atoms with van der Waals surface area (Å²) in [7, 11) is -1.03. The van der Waals surface area contributed by atoms with Crippen molar-refractivity contribution < 1.29 is 8.63 Å². The minimum absolute atomic E-state index is 0.266. The topological polar surface area (TPSA) is 43.1 Å². The molecule has 2 rings (SSSR count). The van der Waals surface area contributed by atoms with Crippen LogP contribution in [0.2, 0.25) is 0 Å². The summed E-state index contributed by atoms with van der Waals surface area (Å²) in [6, 6.07) is 0. The van der Waals surface area contributed by atoms with Gasteiger partial charge in [-0.25, -0.2) is 9.19 Å². The number of hydrogen-bond acceptors (Lipinski definition) is 3. The molecule has 0 amide bonds. The van der Waals surface area contributed by atoms with E-state index in [0.717, 1.165) is 18.5 Å². The van der Waals surface area contributed by atoms with Crippen LogP contribution in [0.1, 0.15) is 37.8 Å². The van der Waals surface area contributed by atoms with Crippen molar-refractivity contribution in [3.8, 4) is 0 Å². The van der Waals surface area contributed by atoms with Crippen LogP contribution < -0.4 is 0 Å². The third-order valence-electron chi connectivity index (χ3n) is 2.62. The Morgan fingerprint density at radius 1 is 1.43 bits per heavy atom. The van der Waals surface area contributed by atoms with Gasteiger partial charge in [-0.1, -0.05) is 19.3 Å². The molecule has 78 valence electrons. The van der Waals surface area contributed by atoms with Crippen LogP contribution in [0.15, 0.2) is 15.9 Å². The smallest absolute Gasteiger partial charge is 0.287 e. The highest BCUT2D eigenvalue weighted by molar-refractivity contribution is 7.85. The molecule has 1 aliphatic carbocycles. The fraction of sp³-hybridized carbons (Fsp3) is 0.700. The van der Waals surface area contributed by atoms with Crippen molar-refractivity contribution in [3.05, 3.63) is 12.0 Å². The van der Waals surface area contributed by atoms with Crippen LogP contribution in [0.4, 0.5) is 0 Å². The number of oxazole rings is 1. The Labute approximate surface area is 86.4 Å². The van der Waals surface area contributed by atoms with E-state index < -0.39 is 10.8 Å². The maximum absolute atomic E-state index is 12.0. The van der Waals surface area contributed by atoms with E-state index in [1.807, 2.05) is 6.92 Å². The van der Waals surface area contributed by atoms with E-state index in [2.05, 4.69) is 4.98 Å². The molecule has 1 atom stereocenters. The van der Waals surface area contributed by atoms with E-state index in [1.54, 1.807) is 6.26 Å². The quantitative estimate of drug-likeness (QED) is 0.757. The van der Waals surface area contributed by atoms with Crippen LogP contribution in [0.25, 0.3) is 0 Å². The lowest BCUT2D eigenvalue weighted by Crippen LogP contribution is -2.18. The zero-order chi connectivity index (χ0) is 9.97. The molecule has 0 N–H and O–H groups in total. The van der Waals surface area contributed by atoms with Crippen molar-refractivity contribution in [1.82, 2.24) is 4.98 Å². The Morgan fingerprint density at radius 2 is 2.14 bits per heavy atom. The molecule has 0 aromatic carbocycles. The fourth-order valence-corrected chi connectivity index (χ4v) is 3.27. The van der Waals surface area contributed by atoms with Crippen LogP contribution in [0, 0.1) is 6.92 Å². The van der Waals surface area contributed by atoms with Crippen molar-refractivity contribution in [3.63, 3.8) is 0 Å². The summed E-state index contributed by atoms with van der Waals surface area (Å²) in [6.45, 7) is 1.85. The lowest BCUT2D eigenvalue weighted by atomic mass is 10.0. The molecule has 14 heavy (non-hydrogen) atoms. The molecule has 0 aliphatic heterocycles. The largest absolute Gasteiger partial charge is 0.438 e. The van der Waals surface area contributed by atoms with Gasteiger partial charge < -0.3 is 4.42 Å². The molecule has 4 heteroatoms. The summed E-state index contributed by atoms with van der Waals surface area (Å²) < 4.78 is 17.1. The van der Waals surface area contributed by atoms with Gasteiger partial charge in [0.15, 0.2) is 0 Å². The standard InChI is InChI=1S/C10H15NO2S/c1-8-7-13-10(11-8)14(12)9-5-3-2-4-6-9/h7,9H,2-6H2,1H3. The van der Waals surface area contributed by atoms with Crippen molar-refractivity contribution in [2.75, 3.05) is 0 Å². The molecule has 1 aromatic heterocycles. The summed E-state index contributed by atoms with van der Waals surface area (Å²) in [5.74, 6) is 0. The normalized spacial score (nSPS) is 20.9. The van der Waals surface area contributed by atoms with Crippen molar-refractivity contribution in [2.45, 2.75) is 49.5 Å². The number of hydrogen-bond donors (Lipinski definition) is 0. The van der Waals surface area contributed by atoms with Crippen LogP contribution in [0.3, 0.4) is 0 Å². The fourth-order valence-electron chi connectivity index (χ4n) is 1.85. The zero-order valence-electron chi connectivity index (χ0n) is 8.36. The maximum Gasteiger partial charge on any atom is 0.287 e. The molecule has 0 saturated heterocycles. The van der Waals surface area contributed by atoms with E-state index >= 15 is 0 Å². The first-order valence-electron chi connectivity index (χ1n) is 5.10. The predicted octanol–water partition coefficient (Wildman–Crippen LogP) is 2.42. The van der Waals surface area contributed by atoms with E-state index in [1.165, 1.54) is 19.3 Å². The van der Waals surface area contributed by atoms with Crippen molar-refractivity contribution in [2.24, 2.45) is 0 Å². The van der Waals surface area contributed by atoms with Gasteiger partial charge in [0.25, 0.3) is 5.22 Å². The van der Waals surface area contributed by atoms with Gasteiger partial charge in [-0.15, -0.1) is 0 Å². The first-order valence-corrected chi connectivity index (χ1v) is 6.31. The van der Waals surface area contributed by atoms with E-state index in [9.17, 15) is 4.21 Å². The summed E-state index contributed by atoms with van der Waals surface area (Å²) in [5, 5.41) is 0.677. The van der Waals surface area contributed by atoms with Gasteiger partial charge in [0, 0.05) is 5.25 Å². The monoisotopic (exact) mass is 213 g/mol. The lowest BCUT2D eigenvalue weighted by Gasteiger charge is -2.18. The van der Waals surface area contributed by atoms with Gasteiger partial charge in [-0.2, -0.15) is 0 Å². The average molecular weight is 213 g/mol. The minimum Gasteiger partial charge on any atom is -0.438 e. The van der Waals surface area contributed by atoms with E-state index in [-0.39, 0.29) is 5.25 Å². The molecule has 1 unspecified atom stereocenters. The van der Waals surface area contributed by atoms with Crippen LogP contribution in [0.5, 0.6) is 0 Å². The van der Waals surface area contributed by atoms with Crippen LogP contribution in [-0.2, 0) is 10.8 Å². The summed E-state index contributed by atoms with van der Waals surface area (Å²) in [6.07, 6.45) is 7.32. The first-order chi connectivity index (χ1) is 6.77. The maximum atomic E-state index is 12.0. The highest BCUT2D eigenvalue weighted by Gasteiger charge is 2.24. The van der Waals surface area contributed by atoms with Crippen LogP contribution in [-0.4, -0.2) is 14.4 Å². The summed E-state index contributed by atoms with van der Waals surface area (Å²) >= 11 is 0. The Kier molecular flexibility index (Phi) is 3.01. The first kappa shape index (κ1) is 9.90. The van der Waals surface area contributed by atoms with E-state index in [4.69, 9.17) is 4.42 Å². The molecular formula is C10H15NO2S. The number of nitrogens with zero attached hydrogens (tertiary/aromatic N) is 1. The molecule has 1 saturated carbocycles. The lowest BCUT2D eigenvalue weighted by molar-refractivity contribution is 0.434. The van der Waals surface area contributed by atoms with Gasteiger partial charge >= 0.3 is 0 Å². The van der Waals surface area contributed by atoms with Crippen LogP contribution >= 0.6 is 0 Å². The van der Waals surface area contributed by atoms with Gasteiger partial charge in [-0.3, -0.25) is 0 Å². The molecule has 1 aromatic rings. The van der Waals surface area contributed by atoms with Gasteiger partial charge in [0.1, 0.15) is 17.1 Å². The minimum atomic E-state index is -1.03. The number of aromatic nitrogens is 1. The summed E-state index contributed by atoms with van der Waals surface area (Å²) in [4.78, 5) is 4.12. The molecular weight excluding hydrogens is 198 g/mol. The number of rotatable bonds is 2. The molecule has 3 nitrogen and oxygen atoms in total. The van der Waals surface area contributed by atoms with Crippen molar-refractivity contribution in [1.29, 1.82) is 0 Å². The third-order valence-corrected chi connectivity index (χ3v) is 4.23. The Morgan fingerprint density at radius 3 is 2.71 bits per heavy atom. The Balaban J connectivity index is 2.07.